The van der Waals surface area contributed by atoms with E-state index in [1.165, 1.54) is 22.8 Å². The molecule has 1 heterocycles. The Bertz CT molecular complexity index is 432. The summed E-state index contributed by atoms with van der Waals surface area (Å²) in [5.74, 6) is 0. The second-order valence-corrected chi connectivity index (χ2v) is 4.63. The van der Waals surface area contributed by atoms with E-state index in [0.717, 1.165) is 0 Å². The fourth-order valence-electron chi connectivity index (χ4n) is 0.765. The predicted molar refractivity (Wildman–Crippen MR) is 66.3 cm³/mol. The molecule has 4 nitrogen and oxygen atoms in total. The van der Waals surface area contributed by atoms with Crippen molar-refractivity contribution < 1.29 is 4.79 Å². The van der Waals surface area contributed by atoms with Gasteiger partial charge in [0.1, 0.15) is 11.3 Å². The van der Waals surface area contributed by atoms with Gasteiger partial charge in [-0.3, -0.25) is 9.59 Å². The summed E-state index contributed by atoms with van der Waals surface area (Å²) in [5.41, 5.74) is 0.113. The molecule has 0 spiro atoms. The molecule has 1 aromatic rings. The van der Waals surface area contributed by atoms with Gasteiger partial charge in [-0.2, -0.15) is 5.10 Å². The van der Waals surface area contributed by atoms with Crippen molar-refractivity contribution >= 4 is 52.4 Å². The second-order valence-electron chi connectivity index (χ2n) is 2.21. The average molecular weight is 342 g/mol. The van der Waals surface area contributed by atoms with Crippen molar-refractivity contribution in [1.82, 2.24) is 9.55 Å². The van der Waals surface area contributed by atoms with E-state index in [1.54, 1.807) is 0 Å². The molecule has 0 aromatic carbocycles. The third-order valence-electron chi connectivity index (χ3n) is 1.38. The van der Waals surface area contributed by atoms with Gasteiger partial charge >= 0.3 is 0 Å². The lowest BCUT2D eigenvalue weighted by atomic mass is 10.3. The molecule has 14 heavy (non-hydrogen) atoms. The first-order valence-electron chi connectivity index (χ1n) is 3.47. The molecule has 0 aliphatic heterocycles. The first-order valence-corrected chi connectivity index (χ1v) is 7.91. The Morgan fingerprint density at radius 1 is 1.64 bits per heavy atom. The maximum absolute atomic E-state index is 11.4. The summed E-state index contributed by atoms with van der Waals surface area (Å²) in [6, 6.07) is 0. The van der Waals surface area contributed by atoms with Gasteiger partial charge in [0.15, 0.2) is 0 Å². The zero-order chi connectivity index (χ0) is 10.6. The molecule has 0 fully saturated rings. The number of nitrogens with zero attached hydrogens (tertiary/aromatic N) is 2. The van der Waals surface area contributed by atoms with Crippen LogP contribution in [0.2, 0.25) is 5.02 Å². The molecule has 1 atom stereocenters. The molecule has 1 aromatic heterocycles. The lowest BCUT2D eigenvalue weighted by molar-refractivity contribution is -0.104. The molecule has 0 N–H and O–H groups in total. The number of carbonyl (C=O) groups excluding carboxylic acids is 1. The zero-order valence-corrected chi connectivity index (χ0v) is 10.7. The Morgan fingerprint density at radius 2 is 2.36 bits per heavy atom. The molecule has 1 unspecified atom stereocenters. The van der Waals surface area contributed by atoms with Crippen LogP contribution >= 0.6 is 40.0 Å². The van der Waals surface area contributed by atoms with Crippen LogP contribution in [0.4, 0.5) is 0 Å². The van der Waals surface area contributed by atoms with Gasteiger partial charge in [0.25, 0.3) is 5.56 Å². The molecule has 0 amide bonds. The lowest BCUT2D eigenvalue weighted by Crippen LogP contribution is -2.16. The number of hydrogen-bond acceptors (Lipinski definition) is 3. The number of halogens is 2. The van der Waals surface area contributed by atoms with Gasteiger partial charge in [-0.25, -0.2) is 4.45 Å². The van der Waals surface area contributed by atoms with E-state index < -0.39 is 0 Å². The van der Waals surface area contributed by atoms with E-state index in [-0.39, 0.29) is 17.0 Å². The van der Waals surface area contributed by atoms with Gasteiger partial charge in [0.05, 0.1) is 12.6 Å². The molecule has 1 rings (SSSR count). The Balaban J connectivity index is 3.24. The smallest absolute Gasteiger partial charge is 0.289 e. The summed E-state index contributed by atoms with van der Waals surface area (Å²) in [5, 5.41) is 3.95. The van der Waals surface area contributed by atoms with E-state index in [4.69, 9.17) is 11.6 Å². The van der Waals surface area contributed by atoms with Gasteiger partial charge in [0, 0.05) is 5.56 Å². The summed E-state index contributed by atoms with van der Waals surface area (Å²) in [6.07, 6.45) is 4.99. The first kappa shape index (κ1) is 11.8. The summed E-state index contributed by atoms with van der Waals surface area (Å²) in [7, 11) is 0. The highest BCUT2D eigenvalue weighted by molar-refractivity contribution is 14.2. The highest BCUT2D eigenvalue weighted by Crippen LogP contribution is 2.21. The van der Waals surface area contributed by atoms with Crippen LogP contribution in [0.15, 0.2) is 17.1 Å². The Labute approximate surface area is 99.7 Å². The number of hydrogen-bond donors (Lipinski definition) is 0. The van der Waals surface area contributed by atoms with E-state index in [9.17, 15) is 9.59 Å². The van der Waals surface area contributed by atoms with Crippen molar-refractivity contribution in [2.45, 2.75) is 0 Å². The van der Waals surface area contributed by atoms with Crippen molar-refractivity contribution in [2.75, 3.05) is 0 Å². The quantitative estimate of drug-likeness (QED) is 0.365. The fourth-order valence-corrected chi connectivity index (χ4v) is 2.35. The maximum Gasteiger partial charge on any atom is 0.289 e. The molecular weight excluding hydrogens is 337 g/mol. The van der Waals surface area contributed by atoms with Crippen LogP contribution in [0.5, 0.6) is 0 Å². The third kappa shape index (κ3) is 2.62. The third-order valence-corrected chi connectivity index (χ3v) is 3.61. The number of aromatic nitrogens is 2. The second kappa shape index (κ2) is 5.58. The topological polar surface area (TPSA) is 52.0 Å². The molecule has 0 saturated heterocycles. The minimum atomic E-state index is -0.340. The molecule has 0 saturated carbocycles. The average Bonchev–Trinajstić information content (AvgIpc) is 2.20. The van der Waals surface area contributed by atoms with Crippen LogP contribution in [-0.2, 0) is 4.79 Å². The predicted octanol–water partition coefficient (Wildman–Crippen LogP) is 1.90. The van der Waals surface area contributed by atoms with Gasteiger partial charge in [0.2, 0.25) is 0 Å². The minimum absolute atomic E-state index is 0.0854. The molecule has 74 valence electrons. The first-order chi connectivity index (χ1) is 6.70. The lowest BCUT2D eigenvalue weighted by Gasteiger charge is -2.00. The largest absolute Gasteiger partial charge is 0.299 e. The van der Waals surface area contributed by atoms with E-state index in [2.05, 4.69) is 5.10 Å². The van der Waals surface area contributed by atoms with E-state index in [0.29, 0.717) is 11.8 Å². The molecule has 0 aliphatic rings. The number of allylic oxidation sites excluding steroid dienone is 1. The van der Waals surface area contributed by atoms with Crippen LogP contribution < -0.4 is 5.56 Å². The van der Waals surface area contributed by atoms with Gasteiger partial charge in [-0.1, -0.05) is 11.6 Å². The number of rotatable bonds is 3. The van der Waals surface area contributed by atoms with Crippen LogP contribution in [0, 0.1) is 0 Å². The number of aldehydes is 1. The maximum atomic E-state index is 11.4. The van der Waals surface area contributed by atoms with Crippen molar-refractivity contribution in [3.63, 3.8) is 0 Å². The summed E-state index contributed by atoms with van der Waals surface area (Å²) in [6.45, 7) is 0. The Morgan fingerprint density at radius 3 is 2.93 bits per heavy atom. The van der Waals surface area contributed by atoms with Crippen molar-refractivity contribution in [3.8, 4) is 0 Å². The van der Waals surface area contributed by atoms with Crippen LogP contribution in [0.25, 0.3) is 6.08 Å². The molecule has 0 radical (unpaired) electrons. The van der Waals surface area contributed by atoms with E-state index in [1.807, 2.05) is 22.0 Å². The minimum Gasteiger partial charge on any atom is -0.299 e. The SMILES string of the molecule is O=C/C=C/c1cnn(PI)c(=O)c1Cl. The van der Waals surface area contributed by atoms with Gasteiger partial charge in [-0.05, 0) is 34.2 Å². The van der Waals surface area contributed by atoms with Crippen molar-refractivity contribution in [3.05, 3.63) is 33.2 Å². The standard InChI is InChI=1S/C7H5ClIN2O2P/c8-6-5(2-1-3-12)4-10-11(14-9)7(6)13/h1-4,14H/b2-1+. The highest BCUT2D eigenvalue weighted by Gasteiger charge is 2.05. The zero-order valence-electron chi connectivity index (χ0n) is 6.78. The Kier molecular flexibility index (Phi) is 4.71. The van der Waals surface area contributed by atoms with Crippen molar-refractivity contribution in [2.24, 2.45) is 0 Å². The van der Waals surface area contributed by atoms with E-state index >= 15 is 0 Å². The van der Waals surface area contributed by atoms with Crippen LogP contribution in [-0.4, -0.2) is 15.8 Å². The molecular formula is C7H5ClIN2O2P. The fraction of sp³-hybridized carbons (Fsp3) is 0. The van der Waals surface area contributed by atoms with Crippen LogP contribution in [0.3, 0.4) is 0 Å². The van der Waals surface area contributed by atoms with Crippen LogP contribution in [0.1, 0.15) is 5.56 Å². The summed E-state index contributed by atoms with van der Waals surface area (Å²) in [4.78, 5) is 21.5. The van der Waals surface area contributed by atoms with Gasteiger partial charge < -0.3 is 0 Å². The Hall–Kier alpha value is -0.260. The normalized spacial score (nSPS) is 11.6. The highest BCUT2D eigenvalue weighted by atomic mass is 127. The molecule has 0 aliphatic carbocycles. The summed E-state index contributed by atoms with van der Waals surface area (Å²) < 4.78 is 1.27. The monoisotopic (exact) mass is 342 g/mol. The summed E-state index contributed by atoms with van der Waals surface area (Å²) >= 11 is 7.80. The molecule has 0 bridgehead atoms. The van der Waals surface area contributed by atoms with Gasteiger partial charge in [-0.15, -0.1) is 0 Å². The number of carbonyl (C=O) groups is 1. The molecule has 7 heteroatoms. The van der Waals surface area contributed by atoms with Crippen molar-refractivity contribution in [1.29, 1.82) is 0 Å².